The molecule has 1 aromatic carbocycles. The number of aromatic nitrogens is 2. The van der Waals surface area contributed by atoms with Gasteiger partial charge in [-0.2, -0.15) is 0 Å². The van der Waals surface area contributed by atoms with E-state index in [-0.39, 0.29) is 11.9 Å². The molecule has 2 N–H and O–H groups in total. The molecule has 1 amide bonds. The molecule has 0 fully saturated rings. The van der Waals surface area contributed by atoms with Gasteiger partial charge in [0.25, 0.3) is 0 Å². The molecule has 112 valence electrons. The summed E-state index contributed by atoms with van der Waals surface area (Å²) in [5.74, 6) is -0.0900. The number of carbonyl (C=O) groups is 1. The van der Waals surface area contributed by atoms with Crippen molar-refractivity contribution in [3.63, 3.8) is 0 Å². The first kappa shape index (κ1) is 15.4. The molecule has 5 nitrogen and oxygen atoms in total. The average molecular weight is 304 g/mol. The van der Waals surface area contributed by atoms with Gasteiger partial charge in [-0.15, -0.1) is 10.2 Å². The van der Waals surface area contributed by atoms with E-state index in [4.69, 9.17) is 0 Å². The quantitative estimate of drug-likeness (QED) is 0.889. The second-order valence-electron chi connectivity index (χ2n) is 5.10. The molecule has 0 spiro atoms. The number of anilines is 2. The zero-order chi connectivity index (χ0) is 15.4. The lowest BCUT2D eigenvalue weighted by molar-refractivity contribution is -0.117. The Balaban J connectivity index is 2.06. The Labute approximate surface area is 128 Å². The highest BCUT2D eigenvalue weighted by atomic mass is 32.1. The minimum Gasteiger partial charge on any atom is -0.374 e. The number of rotatable bonds is 5. The molecule has 2 aromatic rings. The zero-order valence-electron chi connectivity index (χ0n) is 12.7. The van der Waals surface area contributed by atoms with E-state index in [0.717, 1.165) is 10.7 Å². The Bertz CT molecular complexity index is 618. The lowest BCUT2D eigenvalue weighted by atomic mass is 10.1. The van der Waals surface area contributed by atoms with Crippen LogP contribution in [0.25, 0.3) is 0 Å². The fraction of sp³-hybridized carbons (Fsp3) is 0.400. The van der Waals surface area contributed by atoms with E-state index in [9.17, 15) is 4.79 Å². The van der Waals surface area contributed by atoms with E-state index in [1.54, 1.807) is 0 Å². The number of hydrogen-bond acceptors (Lipinski definition) is 5. The molecule has 6 heteroatoms. The third kappa shape index (κ3) is 4.26. The molecule has 21 heavy (non-hydrogen) atoms. The largest absolute Gasteiger partial charge is 0.374 e. The Kier molecular flexibility index (Phi) is 4.90. The normalized spacial score (nSPS) is 12.0. The maximum absolute atomic E-state index is 12.3. The van der Waals surface area contributed by atoms with E-state index in [1.165, 1.54) is 22.5 Å². The van der Waals surface area contributed by atoms with Gasteiger partial charge in [0.05, 0.1) is 0 Å². The number of aryl methyl sites for hydroxylation is 3. The second kappa shape index (κ2) is 6.67. The van der Waals surface area contributed by atoms with Crippen molar-refractivity contribution in [3.8, 4) is 0 Å². The second-order valence-corrected chi connectivity index (χ2v) is 6.28. The van der Waals surface area contributed by atoms with Gasteiger partial charge in [0.1, 0.15) is 11.0 Å². The summed E-state index contributed by atoms with van der Waals surface area (Å²) in [7, 11) is 0. The van der Waals surface area contributed by atoms with Gasteiger partial charge in [0.2, 0.25) is 11.0 Å². The van der Waals surface area contributed by atoms with Crippen LogP contribution in [0, 0.1) is 20.8 Å². The summed E-state index contributed by atoms with van der Waals surface area (Å²) in [5, 5.41) is 15.3. The van der Waals surface area contributed by atoms with Crippen LogP contribution in [0.15, 0.2) is 18.2 Å². The Morgan fingerprint density at radius 2 is 1.86 bits per heavy atom. The first-order valence-corrected chi connectivity index (χ1v) is 7.75. The molecular formula is C15H20N4OS. The van der Waals surface area contributed by atoms with Crippen LogP contribution in [0.1, 0.15) is 29.5 Å². The summed E-state index contributed by atoms with van der Waals surface area (Å²) in [4.78, 5) is 12.3. The van der Waals surface area contributed by atoms with Gasteiger partial charge in [-0.3, -0.25) is 10.1 Å². The van der Waals surface area contributed by atoms with Gasteiger partial charge >= 0.3 is 0 Å². The molecule has 0 aliphatic carbocycles. The van der Waals surface area contributed by atoms with Crippen molar-refractivity contribution in [2.75, 3.05) is 10.6 Å². The lowest BCUT2D eigenvalue weighted by Gasteiger charge is -2.17. The molecule has 0 bridgehead atoms. The van der Waals surface area contributed by atoms with Crippen molar-refractivity contribution >= 4 is 28.1 Å². The van der Waals surface area contributed by atoms with Crippen molar-refractivity contribution < 1.29 is 4.79 Å². The zero-order valence-corrected chi connectivity index (χ0v) is 13.5. The maximum atomic E-state index is 12.3. The summed E-state index contributed by atoms with van der Waals surface area (Å²) in [6.07, 6.45) is 0.691. The Hall–Kier alpha value is -1.95. The highest BCUT2D eigenvalue weighted by Crippen LogP contribution is 2.18. The molecule has 0 aliphatic heterocycles. The highest BCUT2D eigenvalue weighted by molar-refractivity contribution is 7.15. The molecule has 1 heterocycles. The minimum absolute atomic E-state index is 0.0900. The van der Waals surface area contributed by atoms with Crippen LogP contribution in [0.3, 0.4) is 0 Å². The van der Waals surface area contributed by atoms with Crippen molar-refractivity contribution in [2.45, 2.75) is 40.2 Å². The summed E-state index contributed by atoms with van der Waals surface area (Å²) in [6, 6.07) is 5.89. The standard InChI is InChI=1S/C15H20N4OS/c1-5-13(14(20)17-15-19-18-11(4)21-15)16-12-7-9(2)6-10(3)8-12/h6-8,13,16H,5H2,1-4H3,(H,17,19,20)/t13-/m1/s1. The van der Waals surface area contributed by atoms with Crippen LogP contribution < -0.4 is 10.6 Å². The topological polar surface area (TPSA) is 66.9 Å². The smallest absolute Gasteiger partial charge is 0.248 e. The first-order valence-electron chi connectivity index (χ1n) is 6.93. The fourth-order valence-corrected chi connectivity index (χ4v) is 2.75. The molecule has 0 unspecified atom stereocenters. The lowest BCUT2D eigenvalue weighted by Crippen LogP contribution is -2.34. The van der Waals surface area contributed by atoms with Gasteiger partial charge in [0.15, 0.2) is 0 Å². The molecule has 1 atom stereocenters. The van der Waals surface area contributed by atoms with Crippen LogP contribution in [-0.4, -0.2) is 22.1 Å². The molecule has 0 aliphatic rings. The van der Waals surface area contributed by atoms with Crippen molar-refractivity contribution in [2.24, 2.45) is 0 Å². The van der Waals surface area contributed by atoms with E-state index in [2.05, 4.69) is 26.9 Å². The van der Waals surface area contributed by atoms with Crippen molar-refractivity contribution in [3.05, 3.63) is 34.3 Å². The molecule has 2 rings (SSSR count). The predicted octanol–water partition coefficient (Wildman–Crippen LogP) is 3.29. The van der Waals surface area contributed by atoms with Crippen molar-refractivity contribution in [1.29, 1.82) is 0 Å². The molecule has 0 saturated heterocycles. The molecule has 1 aromatic heterocycles. The summed E-state index contributed by atoms with van der Waals surface area (Å²) < 4.78 is 0. The SMILES string of the molecule is CC[C@@H](Nc1cc(C)cc(C)c1)C(=O)Nc1nnc(C)s1. The summed E-state index contributed by atoms with van der Waals surface area (Å²) in [5.41, 5.74) is 3.31. The maximum Gasteiger partial charge on any atom is 0.248 e. The van der Waals surface area contributed by atoms with Gasteiger partial charge in [-0.05, 0) is 50.5 Å². The third-order valence-corrected chi connectivity index (χ3v) is 3.80. The molecule has 0 radical (unpaired) electrons. The number of hydrogen-bond donors (Lipinski definition) is 2. The van der Waals surface area contributed by atoms with E-state index >= 15 is 0 Å². The van der Waals surface area contributed by atoms with E-state index < -0.39 is 0 Å². The summed E-state index contributed by atoms with van der Waals surface area (Å²) in [6.45, 7) is 7.93. The first-order chi connectivity index (χ1) is 9.97. The van der Waals surface area contributed by atoms with Gasteiger partial charge in [-0.25, -0.2) is 0 Å². The Morgan fingerprint density at radius 3 is 2.38 bits per heavy atom. The minimum atomic E-state index is -0.296. The van der Waals surface area contributed by atoms with E-state index in [0.29, 0.717) is 11.6 Å². The number of benzene rings is 1. The van der Waals surface area contributed by atoms with Crippen LogP contribution >= 0.6 is 11.3 Å². The monoisotopic (exact) mass is 304 g/mol. The number of amides is 1. The summed E-state index contributed by atoms with van der Waals surface area (Å²) >= 11 is 1.37. The van der Waals surface area contributed by atoms with Crippen molar-refractivity contribution in [1.82, 2.24) is 10.2 Å². The molecule has 0 saturated carbocycles. The van der Waals surface area contributed by atoms with Crippen LogP contribution in [-0.2, 0) is 4.79 Å². The van der Waals surface area contributed by atoms with Crippen LogP contribution in [0.5, 0.6) is 0 Å². The van der Waals surface area contributed by atoms with E-state index in [1.807, 2.05) is 39.8 Å². The molecular weight excluding hydrogens is 284 g/mol. The van der Waals surface area contributed by atoms with Crippen LogP contribution in [0.2, 0.25) is 0 Å². The van der Waals surface area contributed by atoms with Gasteiger partial charge < -0.3 is 5.32 Å². The number of nitrogens with zero attached hydrogens (tertiary/aromatic N) is 2. The fourth-order valence-electron chi connectivity index (χ4n) is 2.15. The third-order valence-electron chi connectivity index (χ3n) is 3.04. The van der Waals surface area contributed by atoms with Gasteiger partial charge in [0, 0.05) is 5.69 Å². The van der Waals surface area contributed by atoms with Crippen LogP contribution in [0.4, 0.5) is 10.8 Å². The predicted molar refractivity (Wildman–Crippen MR) is 86.9 cm³/mol. The average Bonchev–Trinajstić information content (AvgIpc) is 2.80. The Morgan fingerprint density at radius 1 is 1.19 bits per heavy atom. The highest BCUT2D eigenvalue weighted by Gasteiger charge is 2.18. The number of nitrogens with one attached hydrogen (secondary N) is 2. The number of carbonyl (C=O) groups excluding carboxylic acids is 1. The van der Waals surface area contributed by atoms with Gasteiger partial charge in [-0.1, -0.05) is 24.3 Å².